The lowest BCUT2D eigenvalue weighted by Gasteiger charge is -2.39. The fourth-order valence-corrected chi connectivity index (χ4v) is 5.42. The normalized spacial score (nSPS) is 14.4. The number of pyridine rings is 1. The van der Waals surface area contributed by atoms with Crippen molar-refractivity contribution in [3.8, 4) is 0 Å². The van der Waals surface area contributed by atoms with E-state index in [0.29, 0.717) is 6.54 Å². The first kappa shape index (κ1) is 29.8. The van der Waals surface area contributed by atoms with Crippen molar-refractivity contribution in [3.05, 3.63) is 89.2 Å². The highest BCUT2D eigenvalue weighted by molar-refractivity contribution is 5.94. The zero-order chi connectivity index (χ0) is 28.3. The molecule has 214 valence electrons. The van der Waals surface area contributed by atoms with Crippen molar-refractivity contribution >= 4 is 17.3 Å². The maximum Gasteiger partial charge on any atom is 0.254 e. The molecule has 1 fully saturated rings. The summed E-state index contributed by atoms with van der Waals surface area (Å²) in [6.07, 6.45) is 9.90. The van der Waals surface area contributed by atoms with Crippen LogP contribution in [0.3, 0.4) is 0 Å². The van der Waals surface area contributed by atoms with Crippen molar-refractivity contribution in [2.45, 2.75) is 85.2 Å². The Morgan fingerprint density at radius 3 is 2.25 bits per heavy atom. The Labute approximate surface area is 242 Å². The van der Waals surface area contributed by atoms with E-state index in [9.17, 15) is 4.79 Å². The minimum atomic E-state index is 0.147. The van der Waals surface area contributed by atoms with Gasteiger partial charge < -0.3 is 15.1 Å². The van der Waals surface area contributed by atoms with E-state index < -0.39 is 0 Å². The van der Waals surface area contributed by atoms with Crippen LogP contribution in [0.15, 0.2) is 66.9 Å². The van der Waals surface area contributed by atoms with E-state index in [0.717, 1.165) is 73.0 Å². The summed E-state index contributed by atoms with van der Waals surface area (Å²) >= 11 is 0. The Kier molecular flexibility index (Phi) is 11.2. The van der Waals surface area contributed by atoms with E-state index in [1.807, 2.05) is 37.4 Å². The number of carbonyl (C=O) groups excluding carboxylic acids is 1. The highest BCUT2D eigenvalue weighted by Gasteiger charge is 2.29. The highest BCUT2D eigenvalue weighted by atomic mass is 16.2. The van der Waals surface area contributed by atoms with E-state index in [1.54, 1.807) is 0 Å². The molecule has 5 heteroatoms. The van der Waals surface area contributed by atoms with E-state index in [2.05, 4.69) is 77.3 Å². The second kappa shape index (κ2) is 15.0. The van der Waals surface area contributed by atoms with Gasteiger partial charge in [0.15, 0.2) is 0 Å². The van der Waals surface area contributed by atoms with Gasteiger partial charge in [0.2, 0.25) is 0 Å². The largest absolute Gasteiger partial charge is 0.354 e. The summed E-state index contributed by atoms with van der Waals surface area (Å²) in [4.78, 5) is 23.0. The first-order chi connectivity index (χ1) is 19.4. The van der Waals surface area contributed by atoms with Crippen LogP contribution in [0.4, 0.5) is 11.4 Å². The Hall–Kier alpha value is -3.18. The molecule has 3 aromatic rings. The van der Waals surface area contributed by atoms with Crippen LogP contribution in [-0.2, 0) is 13.0 Å². The van der Waals surface area contributed by atoms with Gasteiger partial charge in [0.05, 0.1) is 11.9 Å². The molecule has 2 aromatic carbocycles. The zero-order valence-electron chi connectivity index (χ0n) is 25.0. The fourth-order valence-electron chi connectivity index (χ4n) is 5.42. The number of rotatable bonds is 13. The number of likely N-dealkylation sites (tertiary alicyclic amines) is 1. The Morgan fingerprint density at radius 1 is 0.950 bits per heavy atom. The van der Waals surface area contributed by atoms with Crippen molar-refractivity contribution in [2.75, 3.05) is 25.0 Å². The van der Waals surface area contributed by atoms with Crippen LogP contribution < -0.4 is 5.32 Å². The molecule has 1 amide bonds. The van der Waals surface area contributed by atoms with Crippen molar-refractivity contribution < 1.29 is 4.79 Å². The van der Waals surface area contributed by atoms with Crippen LogP contribution in [0.25, 0.3) is 0 Å². The molecule has 0 atom stereocenters. The molecular weight excluding hydrogens is 492 g/mol. The van der Waals surface area contributed by atoms with E-state index in [4.69, 9.17) is 0 Å². The van der Waals surface area contributed by atoms with Crippen LogP contribution in [0.1, 0.15) is 86.5 Å². The zero-order valence-corrected chi connectivity index (χ0v) is 25.0. The van der Waals surface area contributed by atoms with Gasteiger partial charge in [0.1, 0.15) is 0 Å². The lowest BCUT2D eigenvalue weighted by Crippen LogP contribution is -2.47. The molecule has 0 spiro atoms. The summed E-state index contributed by atoms with van der Waals surface area (Å²) in [6, 6.07) is 21.1. The molecular formula is C35H48N4O. The molecule has 40 heavy (non-hydrogen) atoms. The van der Waals surface area contributed by atoms with Gasteiger partial charge in [-0.05, 0) is 99.0 Å². The number of anilines is 2. The SMILES string of the molecule is CCCCCc1ccc(C(=O)N(Cc2ccc(Nc3ccc(C)nc3)cc2)C2CCN(CCC(C)C)CC2)cc1. The van der Waals surface area contributed by atoms with E-state index in [1.165, 1.54) is 31.2 Å². The van der Waals surface area contributed by atoms with Gasteiger partial charge in [-0.15, -0.1) is 0 Å². The Morgan fingerprint density at radius 2 is 1.62 bits per heavy atom. The number of benzene rings is 2. The molecule has 1 saturated heterocycles. The van der Waals surface area contributed by atoms with Gasteiger partial charge in [-0.1, -0.05) is 57.9 Å². The number of carbonyl (C=O) groups is 1. The van der Waals surface area contributed by atoms with Gasteiger partial charge in [-0.25, -0.2) is 0 Å². The molecule has 1 aromatic heterocycles. The third kappa shape index (κ3) is 8.92. The van der Waals surface area contributed by atoms with Crippen LogP contribution >= 0.6 is 0 Å². The van der Waals surface area contributed by atoms with Crippen molar-refractivity contribution in [3.63, 3.8) is 0 Å². The second-order valence-electron chi connectivity index (χ2n) is 11.9. The van der Waals surface area contributed by atoms with Gasteiger partial charge >= 0.3 is 0 Å². The maximum atomic E-state index is 13.9. The van der Waals surface area contributed by atoms with Crippen LogP contribution in [0.5, 0.6) is 0 Å². The number of aromatic nitrogens is 1. The van der Waals surface area contributed by atoms with E-state index in [-0.39, 0.29) is 11.9 Å². The minimum absolute atomic E-state index is 0.147. The van der Waals surface area contributed by atoms with Gasteiger partial charge in [0, 0.05) is 42.6 Å². The standard InChI is InChI=1S/C35H48N4O/c1-5-6-7-8-29-10-14-31(15-11-29)35(40)39(34-20-23-38(24-21-34)22-19-27(2)3)26-30-12-17-32(18-13-30)37-33-16-9-28(4)36-25-33/h9-18,25,27,34,37H,5-8,19-24,26H2,1-4H3. The Balaban J connectivity index is 1.45. The summed E-state index contributed by atoms with van der Waals surface area (Å²) in [5.74, 6) is 0.870. The number of aryl methyl sites for hydroxylation is 2. The summed E-state index contributed by atoms with van der Waals surface area (Å²) in [6.45, 7) is 12.7. The molecule has 1 N–H and O–H groups in total. The number of nitrogens with zero attached hydrogens (tertiary/aromatic N) is 3. The topological polar surface area (TPSA) is 48.5 Å². The molecule has 5 nitrogen and oxygen atoms in total. The molecule has 0 bridgehead atoms. The number of amides is 1. The molecule has 4 rings (SSSR count). The highest BCUT2D eigenvalue weighted by Crippen LogP contribution is 2.24. The van der Waals surface area contributed by atoms with Crippen molar-refractivity contribution in [2.24, 2.45) is 5.92 Å². The smallest absolute Gasteiger partial charge is 0.254 e. The summed E-state index contributed by atoms with van der Waals surface area (Å²) < 4.78 is 0. The number of unbranched alkanes of at least 4 members (excludes halogenated alkanes) is 2. The molecule has 0 unspecified atom stereocenters. The Bertz CT molecular complexity index is 1160. The molecule has 2 heterocycles. The molecule has 1 aliphatic heterocycles. The number of hydrogen-bond donors (Lipinski definition) is 1. The summed E-state index contributed by atoms with van der Waals surface area (Å²) in [5.41, 5.74) is 6.26. The number of nitrogens with one attached hydrogen (secondary N) is 1. The number of piperidine rings is 1. The average molecular weight is 541 g/mol. The first-order valence-corrected chi connectivity index (χ1v) is 15.3. The predicted octanol–water partition coefficient (Wildman–Crippen LogP) is 8.02. The summed E-state index contributed by atoms with van der Waals surface area (Å²) in [5, 5.41) is 3.42. The van der Waals surface area contributed by atoms with Gasteiger partial charge in [0.25, 0.3) is 5.91 Å². The van der Waals surface area contributed by atoms with Crippen LogP contribution in [0.2, 0.25) is 0 Å². The average Bonchev–Trinajstić information content (AvgIpc) is 2.97. The molecule has 1 aliphatic rings. The first-order valence-electron chi connectivity index (χ1n) is 15.3. The quantitative estimate of drug-likeness (QED) is 0.223. The van der Waals surface area contributed by atoms with E-state index >= 15 is 0 Å². The monoisotopic (exact) mass is 540 g/mol. The minimum Gasteiger partial charge on any atom is -0.354 e. The third-order valence-electron chi connectivity index (χ3n) is 8.06. The number of hydrogen-bond acceptors (Lipinski definition) is 4. The van der Waals surface area contributed by atoms with Crippen molar-refractivity contribution in [1.29, 1.82) is 0 Å². The summed E-state index contributed by atoms with van der Waals surface area (Å²) in [7, 11) is 0. The molecule has 0 radical (unpaired) electrons. The lowest BCUT2D eigenvalue weighted by atomic mass is 9.99. The third-order valence-corrected chi connectivity index (χ3v) is 8.06. The van der Waals surface area contributed by atoms with Crippen molar-refractivity contribution in [1.82, 2.24) is 14.8 Å². The molecule has 0 aliphatic carbocycles. The fraction of sp³-hybridized carbons (Fsp3) is 0.486. The lowest BCUT2D eigenvalue weighted by molar-refractivity contribution is 0.0546. The molecule has 0 saturated carbocycles. The maximum absolute atomic E-state index is 13.9. The van der Waals surface area contributed by atoms with Crippen LogP contribution in [-0.4, -0.2) is 46.4 Å². The predicted molar refractivity (Wildman–Crippen MR) is 167 cm³/mol. The van der Waals surface area contributed by atoms with Crippen LogP contribution in [0, 0.1) is 12.8 Å². The van der Waals surface area contributed by atoms with Gasteiger partial charge in [-0.3, -0.25) is 9.78 Å². The second-order valence-corrected chi connectivity index (χ2v) is 11.9. The van der Waals surface area contributed by atoms with Gasteiger partial charge in [-0.2, -0.15) is 0 Å².